The standard InChI is InChI=1S/C21H30N2O5/c1-7-11-27-19-14(9-8-10-15(19)26-6)18-16(20(24)28-13(4)5)17(12(2)3)22-21(25)23-18/h8-10,12-13,18H,7,11H2,1-6H3,(H2,22,23,25). The van der Waals surface area contributed by atoms with Gasteiger partial charge in [-0.2, -0.15) is 0 Å². The van der Waals surface area contributed by atoms with Crippen molar-refractivity contribution in [2.45, 2.75) is 53.2 Å². The quantitative estimate of drug-likeness (QED) is 0.661. The molecule has 1 aromatic carbocycles. The topological polar surface area (TPSA) is 85.9 Å². The molecular formula is C21H30N2O5. The van der Waals surface area contributed by atoms with Gasteiger partial charge in [-0.25, -0.2) is 9.59 Å². The van der Waals surface area contributed by atoms with Gasteiger partial charge in [0.25, 0.3) is 0 Å². The van der Waals surface area contributed by atoms with Gasteiger partial charge in [0.1, 0.15) is 0 Å². The van der Waals surface area contributed by atoms with Gasteiger partial charge in [-0.05, 0) is 32.3 Å². The largest absolute Gasteiger partial charge is 0.493 e. The zero-order valence-electron chi connectivity index (χ0n) is 17.4. The first-order valence-corrected chi connectivity index (χ1v) is 9.62. The maximum Gasteiger partial charge on any atom is 0.338 e. The van der Waals surface area contributed by atoms with Crippen LogP contribution in [0.3, 0.4) is 0 Å². The molecule has 28 heavy (non-hydrogen) atoms. The fourth-order valence-electron chi connectivity index (χ4n) is 3.06. The van der Waals surface area contributed by atoms with Gasteiger partial charge in [0.2, 0.25) is 0 Å². The minimum atomic E-state index is -0.709. The van der Waals surface area contributed by atoms with E-state index in [9.17, 15) is 9.59 Å². The average Bonchev–Trinajstić information content (AvgIpc) is 2.64. The first-order chi connectivity index (χ1) is 13.3. The van der Waals surface area contributed by atoms with Crippen LogP contribution in [-0.4, -0.2) is 31.8 Å². The molecule has 1 aliphatic rings. The molecule has 1 aliphatic heterocycles. The Kier molecular flexibility index (Phi) is 7.31. The number of methoxy groups -OCH3 is 1. The molecule has 154 valence electrons. The molecule has 0 spiro atoms. The molecule has 1 unspecified atom stereocenters. The third-order valence-electron chi connectivity index (χ3n) is 4.23. The van der Waals surface area contributed by atoms with Crippen LogP contribution in [-0.2, 0) is 9.53 Å². The van der Waals surface area contributed by atoms with Crippen molar-refractivity contribution in [1.29, 1.82) is 0 Å². The van der Waals surface area contributed by atoms with Gasteiger partial charge in [0.05, 0.1) is 31.4 Å². The van der Waals surface area contributed by atoms with E-state index in [1.54, 1.807) is 27.0 Å². The number of hydrogen-bond acceptors (Lipinski definition) is 5. The van der Waals surface area contributed by atoms with Crippen LogP contribution in [0.2, 0.25) is 0 Å². The van der Waals surface area contributed by atoms with Crippen molar-refractivity contribution >= 4 is 12.0 Å². The maximum absolute atomic E-state index is 13.0. The Morgan fingerprint density at radius 2 is 1.93 bits per heavy atom. The van der Waals surface area contributed by atoms with Crippen molar-refractivity contribution in [3.05, 3.63) is 35.0 Å². The lowest BCUT2D eigenvalue weighted by atomic mass is 9.90. The number of esters is 1. The second-order valence-electron chi connectivity index (χ2n) is 7.19. The predicted octanol–water partition coefficient (Wildman–Crippen LogP) is 3.70. The molecule has 0 bridgehead atoms. The predicted molar refractivity (Wildman–Crippen MR) is 106 cm³/mol. The number of carbonyl (C=O) groups is 2. The van der Waals surface area contributed by atoms with Crippen LogP contribution in [0.25, 0.3) is 0 Å². The van der Waals surface area contributed by atoms with Gasteiger partial charge in [0.15, 0.2) is 11.5 Å². The monoisotopic (exact) mass is 390 g/mol. The van der Waals surface area contributed by atoms with E-state index in [0.29, 0.717) is 34.9 Å². The Morgan fingerprint density at radius 1 is 1.21 bits per heavy atom. The second kappa shape index (κ2) is 9.48. The van der Waals surface area contributed by atoms with E-state index in [4.69, 9.17) is 14.2 Å². The number of allylic oxidation sites excluding steroid dienone is 1. The van der Waals surface area contributed by atoms with Gasteiger partial charge in [-0.3, -0.25) is 0 Å². The highest BCUT2D eigenvalue weighted by atomic mass is 16.5. The molecule has 1 atom stereocenters. The molecule has 0 saturated carbocycles. The van der Waals surface area contributed by atoms with Gasteiger partial charge >= 0.3 is 12.0 Å². The number of ether oxygens (including phenoxy) is 3. The number of carbonyl (C=O) groups excluding carboxylic acids is 2. The van der Waals surface area contributed by atoms with Crippen LogP contribution in [0.4, 0.5) is 4.79 Å². The molecule has 1 aromatic rings. The fourth-order valence-corrected chi connectivity index (χ4v) is 3.06. The van der Waals surface area contributed by atoms with Crippen LogP contribution in [0.1, 0.15) is 52.6 Å². The van der Waals surface area contributed by atoms with Crippen molar-refractivity contribution in [3.8, 4) is 11.5 Å². The normalized spacial score (nSPS) is 16.7. The summed E-state index contributed by atoms with van der Waals surface area (Å²) in [6.45, 7) is 9.90. The number of rotatable bonds is 8. The van der Waals surface area contributed by atoms with E-state index in [-0.39, 0.29) is 18.1 Å². The van der Waals surface area contributed by atoms with Crippen LogP contribution in [0, 0.1) is 5.92 Å². The Morgan fingerprint density at radius 3 is 2.50 bits per heavy atom. The zero-order chi connectivity index (χ0) is 20.8. The SMILES string of the molecule is CCCOc1c(OC)cccc1C1NC(=O)NC(C(C)C)=C1C(=O)OC(C)C. The molecule has 2 amide bonds. The molecule has 2 N–H and O–H groups in total. The van der Waals surface area contributed by atoms with Gasteiger partial charge < -0.3 is 24.8 Å². The van der Waals surface area contributed by atoms with Crippen molar-refractivity contribution in [2.24, 2.45) is 5.92 Å². The summed E-state index contributed by atoms with van der Waals surface area (Å²) in [4.78, 5) is 25.3. The Labute approximate surface area is 166 Å². The number of hydrogen-bond donors (Lipinski definition) is 2. The number of urea groups is 1. The summed E-state index contributed by atoms with van der Waals surface area (Å²) in [5.41, 5.74) is 1.57. The van der Waals surface area contributed by atoms with E-state index in [0.717, 1.165) is 6.42 Å². The van der Waals surface area contributed by atoms with Gasteiger partial charge in [-0.15, -0.1) is 0 Å². The summed E-state index contributed by atoms with van der Waals surface area (Å²) in [5.74, 6) is 0.507. The summed E-state index contributed by atoms with van der Waals surface area (Å²) in [5, 5.41) is 5.61. The average molecular weight is 390 g/mol. The lowest BCUT2D eigenvalue weighted by Gasteiger charge is -2.32. The first-order valence-electron chi connectivity index (χ1n) is 9.62. The van der Waals surface area contributed by atoms with Crippen molar-refractivity contribution < 1.29 is 23.8 Å². The second-order valence-corrected chi connectivity index (χ2v) is 7.19. The highest BCUT2D eigenvalue weighted by Gasteiger charge is 2.37. The first kappa shape index (κ1) is 21.6. The fraction of sp³-hybridized carbons (Fsp3) is 0.524. The zero-order valence-corrected chi connectivity index (χ0v) is 17.4. The molecule has 0 aliphatic carbocycles. The van der Waals surface area contributed by atoms with Crippen LogP contribution in [0.15, 0.2) is 29.5 Å². The van der Waals surface area contributed by atoms with Gasteiger partial charge in [-0.1, -0.05) is 32.9 Å². The summed E-state index contributed by atoms with van der Waals surface area (Å²) < 4.78 is 16.9. The highest BCUT2D eigenvalue weighted by Crippen LogP contribution is 2.40. The number of amides is 2. The maximum atomic E-state index is 13.0. The Balaban J connectivity index is 2.64. The lowest BCUT2D eigenvalue weighted by Crippen LogP contribution is -2.47. The number of para-hydroxylation sites is 1. The molecule has 0 aromatic heterocycles. The van der Waals surface area contributed by atoms with E-state index < -0.39 is 12.0 Å². The Bertz CT molecular complexity index is 755. The molecule has 0 saturated heterocycles. The summed E-state index contributed by atoms with van der Waals surface area (Å²) in [7, 11) is 1.56. The molecule has 7 heteroatoms. The van der Waals surface area contributed by atoms with Gasteiger partial charge in [0, 0.05) is 11.3 Å². The summed E-state index contributed by atoms with van der Waals surface area (Å²) >= 11 is 0. The van der Waals surface area contributed by atoms with E-state index >= 15 is 0 Å². The lowest BCUT2D eigenvalue weighted by molar-refractivity contribution is -0.143. The molecule has 2 rings (SSSR count). The molecule has 0 fully saturated rings. The summed E-state index contributed by atoms with van der Waals surface area (Å²) in [6, 6.07) is 4.33. The molecule has 1 heterocycles. The molecule has 7 nitrogen and oxygen atoms in total. The van der Waals surface area contributed by atoms with E-state index in [1.165, 1.54) is 0 Å². The van der Waals surface area contributed by atoms with Crippen LogP contribution < -0.4 is 20.1 Å². The number of nitrogens with one attached hydrogen (secondary N) is 2. The molecular weight excluding hydrogens is 360 g/mol. The summed E-state index contributed by atoms with van der Waals surface area (Å²) in [6.07, 6.45) is 0.526. The van der Waals surface area contributed by atoms with Crippen molar-refractivity contribution in [2.75, 3.05) is 13.7 Å². The highest BCUT2D eigenvalue weighted by molar-refractivity contribution is 5.95. The minimum Gasteiger partial charge on any atom is -0.493 e. The van der Waals surface area contributed by atoms with E-state index in [1.807, 2.05) is 32.9 Å². The third-order valence-corrected chi connectivity index (χ3v) is 4.23. The number of benzene rings is 1. The van der Waals surface area contributed by atoms with E-state index in [2.05, 4.69) is 10.6 Å². The molecule has 0 radical (unpaired) electrons. The van der Waals surface area contributed by atoms with Crippen molar-refractivity contribution in [1.82, 2.24) is 10.6 Å². The Hall–Kier alpha value is -2.70. The third kappa shape index (κ3) is 4.77. The smallest absolute Gasteiger partial charge is 0.338 e. The van der Waals surface area contributed by atoms with Crippen LogP contribution in [0.5, 0.6) is 11.5 Å². The minimum absolute atomic E-state index is 0.0751. The van der Waals surface area contributed by atoms with Crippen LogP contribution >= 0.6 is 0 Å². The van der Waals surface area contributed by atoms with Crippen molar-refractivity contribution in [3.63, 3.8) is 0 Å².